The highest BCUT2D eigenvalue weighted by Gasteiger charge is 2.35. The topological polar surface area (TPSA) is 69.1 Å². The number of hydrogen-bond donors (Lipinski definition) is 0. The monoisotopic (exact) mass is 284 g/mol. The summed E-state index contributed by atoms with van der Waals surface area (Å²) < 4.78 is 0. The highest BCUT2D eigenvalue weighted by Crippen LogP contribution is 2.35. The Kier molecular flexibility index (Phi) is 3.84. The fraction of sp³-hybridized carbons (Fsp3) is 0.562. The van der Waals surface area contributed by atoms with E-state index in [1.807, 2.05) is 17.9 Å². The van der Waals surface area contributed by atoms with E-state index in [-0.39, 0.29) is 0 Å². The highest BCUT2D eigenvalue weighted by atomic mass is 16.2. The van der Waals surface area contributed by atoms with E-state index in [4.69, 9.17) is 5.53 Å². The third-order valence-electron chi connectivity index (χ3n) is 4.58. The molecule has 1 aromatic rings. The van der Waals surface area contributed by atoms with Crippen LogP contribution in [-0.2, 0) is 4.79 Å². The lowest BCUT2D eigenvalue weighted by Gasteiger charge is -2.32. The summed E-state index contributed by atoms with van der Waals surface area (Å²) in [6.07, 6.45) is 4.22. The summed E-state index contributed by atoms with van der Waals surface area (Å²) in [5.74, 6) is 1.20. The molecule has 0 N–H and O–H groups in total. The number of aryl methyl sites for hydroxylation is 1. The van der Waals surface area contributed by atoms with Crippen molar-refractivity contribution in [1.82, 2.24) is 4.90 Å². The summed E-state index contributed by atoms with van der Waals surface area (Å²) in [5.41, 5.74) is 11.5. The van der Waals surface area contributed by atoms with Crippen LogP contribution in [0, 0.1) is 12.8 Å². The smallest absolute Gasteiger partial charge is 0.225 e. The molecule has 1 heterocycles. The number of nitrogens with zero attached hydrogens (tertiary/aromatic N) is 4. The molecular weight excluding hydrogens is 264 g/mol. The number of azide groups is 1. The first kappa shape index (κ1) is 14.0. The number of carbonyl (C=O) groups excluding carboxylic acids is 1. The molecule has 1 aliphatic heterocycles. The second-order valence-corrected chi connectivity index (χ2v) is 6.11. The maximum absolute atomic E-state index is 12.1. The van der Waals surface area contributed by atoms with Gasteiger partial charge in [0, 0.05) is 29.6 Å². The van der Waals surface area contributed by atoms with E-state index < -0.39 is 0 Å². The zero-order valence-electron chi connectivity index (χ0n) is 12.3. The second-order valence-electron chi connectivity index (χ2n) is 6.11. The summed E-state index contributed by atoms with van der Waals surface area (Å²) in [4.78, 5) is 16.9. The molecule has 2 fully saturated rings. The lowest BCUT2D eigenvalue weighted by Crippen LogP contribution is -2.38. The van der Waals surface area contributed by atoms with Gasteiger partial charge in [-0.25, -0.2) is 0 Å². The normalized spacial score (nSPS) is 19.2. The van der Waals surface area contributed by atoms with Crippen molar-refractivity contribution in [1.29, 1.82) is 0 Å². The fourth-order valence-electron chi connectivity index (χ4n) is 3.11. The number of amides is 1. The predicted octanol–water partition coefficient (Wildman–Crippen LogP) is 4.05. The lowest BCUT2D eigenvalue weighted by molar-refractivity contribution is -0.133. The first-order valence-electron chi connectivity index (χ1n) is 7.63. The van der Waals surface area contributed by atoms with E-state index in [9.17, 15) is 4.79 Å². The van der Waals surface area contributed by atoms with E-state index in [0.717, 1.165) is 44.3 Å². The minimum absolute atomic E-state index is 0.326. The molecule has 21 heavy (non-hydrogen) atoms. The molecule has 5 nitrogen and oxygen atoms in total. The molecule has 0 atom stereocenters. The zero-order chi connectivity index (χ0) is 14.8. The number of hydrogen-bond acceptors (Lipinski definition) is 2. The fourth-order valence-corrected chi connectivity index (χ4v) is 3.11. The Morgan fingerprint density at radius 2 is 2.00 bits per heavy atom. The SMILES string of the molecule is Cc1cc(C2CCN(C(=O)C3CC3)CC2)ccc1N=[N+]=[N-]. The average Bonchev–Trinajstić information content (AvgIpc) is 3.34. The van der Waals surface area contributed by atoms with Gasteiger partial charge in [-0.3, -0.25) is 4.79 Å². The molecular formula is C16H20N4O. The van der Waals surface area contributed by atoms with Crippen LogP contribution in [0.1, 0.15) is 42.7 Å². The molecule has 0 unspecified atom stereocenters. The molecule has 2 aliphatic rings. The molecule has 0 aromatic heterocycles. The zero-order valence-corrected chi connectivity index (χ0v) is 12.3. The van der Waals surface area contributed by atoms with Crippen LogP contribution in [0.4, 0.5) is 5.69 Å². The molecule has 0 radical (unpaired) electrons. The first-order valence-corrected chi connectivity index (χ1v) is 7.63. The molecule has 1 amide bonds. The van der Waals surface area contributed by atoms with Crippen molar-refractivity contribution in [3.05, 3.63) is 39.8 Å². The minimum atomic E-state index is 0.326. The first-order chi connectivity index (χ1) is 10.2. The van der Waals surface area contributed by atoms with Crippen LogP contribution < -0.4 is 0 Å². The summed E-state index contributed by atoms with van der Waals surface area (Å²) in [7, 11) is 0. The van der Waals surface area contributed by atoms with E-state index >= 15 is 0 Å². The second kappa shape index (κ2) is 5.78. The third kappa shape index (κ3) is 3.03. The molecule has 5 heteroatoms. The van der Waals surface area contributed by atoms with Gasteiger partial charge in [0.25, 0.3) is 0 Å². The summed E-state index contributed by atoms with van der Waals surface area (Å²) in [6.45, 7) is 3.72. The van der Waals surface area contributed by atoms with Gasteiger partial charge in [-0.2, -0.15) is 0 Å². The molecule has 0 spiro atoms. The van der Waals surface area contributed by atoms with Gasteiger partial charge in [-0.1, -0.05) is 23.3 Å². The number of likely N-dealkylation sites (tertiary alicyclic amines) is 1. The van der Waals surface area contributed by atoms with Crippen LogP contribution in [0.15, 0.2) is 23.3 Å². The van der Waals surface area contributed by atoms with Gasteiger partial charge in [-0.05, 0) is 55.2 Å². The van der Waals surface area contributed by atoms with E-state index in [2.05, 4.69) is 22.2 Å². The highest BCUT2D eigenvalue weighted by molar-refractivity contribution is 5.81. The molecule has 1 aliphatic carbocycles. The van der Waals surface area contributed by atoms with E-state index in [1.54, 1.807) is 0 Å². The lowest BCUT2D eigenvalue weighted by atomic mass is 9.88. The van der Waals surface area contributed by atoms with E-state index in [0.29, 0.717) is 23.4 Å². The molecule has 1 saturated heterocycles. The number of piperidine rings is 1. The van der Waals surface area contributed by atoms with Crippen molar-refractivity contribution in [2.75, 3.05) is 13.1 Å². The number of rotatable bonds is 3. The van der Waals surface area contributed by atoms with Crippen LogP contribution in [-0.4, -0.2) is 23.9 Å². The van der Waals surface area contributed by atoms with E-state index in [1.165, 1.54) is 5.56 Å². The summed E-state index contributed by atoms with van der Waals surface area (Å²) >= 11 is 0. The molecule has 0 bridgehead atoms. The maximum atomic E-state index is 12.1. The van der Waals surface area contributed by atoms with Crippen molar-refractivity contribution in [2.24, 2.45) is 11.0 Å². The third-order valence-corrected chi connectivity index (χ3v) is 4.58. The summed E-state index contributed by atoms with van der Waals surface area (Å²) in [5, 5.41) is 3.68. The Hall–Kier alpha value is -2.00. The molecule has 110 valence electrons. The van der Waals surface area contributed by atoms with Gasteiger partial charge < -0.3 is 4.90 Å². The van der Waals surface area contributed by atoms with Crippen LogP contribution >= 0.6 is 0 Å². The molecule has 1 saturated carbocycles. The maximum Gasteiger partial charge on any atom is 0.225 e. The van der Waals surface area contributed by atoms with Crippen molar-refractivity contribution in [3.8, 4) is 0 Å². The van der Waals surface area contributed by atoms with Gasteiger partial charge in [0.15, 0.2) is 0 Å². The van der Waals surface area contributed by atoms with Crippen LogP contribution in [0.25, 0.3) is 10.4 Å². The number of carbonyl (C=O) groups is 1. The van der Waals surface area contributed by atoms with Crippen molar-refractivity contribution < 1.29 is 4.79 Å². The average molecular weight is 284 g/mol. The molecule has 1 aromatic carbocycles. The van der Waals surface area contributed by atoms with Crippen molar-refractivity contribution in [2.45, 2.75) is 38.5 Å². The Balaban J connectivity index is 1.65. The minimum Gasteiger partial charge on any atom is -0.342 e. The van der Waals surface area contributed by atoms with Crippen molar-refractivity contribution >= 4 is 11.6 Å². The van der Waals surface area contributed by atoms with Crippen LogP contribution in [0.5, 0.6) is 0 Å². The Morgan fingerprint density at radius 1 is 1.29 bits per heavy atom. The standard InChI is InChI=1S/C16H20N4O/c1-11-10-14(4-5-15(11)18-19-17)12-6-8-20(9-7-12)16(21)13-2-3-13/h4-5,10,12-13H,2-3,6-9H2,1H3. The Labute approximate surface area is 124 Å². The quantitative estimate of drug-likeness (QED) is 0.469. The largest absolute Gasteiger partial charge is 0.342 e. The van der Waals surface area contributed by atoms with Gasteiger partial charge in [0.05, 0.1) is 0 Å². The van der Waals surface area contributed by atoms with Crippen molar-refractivity contribution in [3.63, 3.8) is 0 Å². The van der Waals surface area contributed by atoms with Gasteiger partial charge >= 0.3 is 0 Å². The van der Waals surface area contributed by atoms with Crippen LogP contribution in [0.3, 0.4) is 0 Å². The summed E-state index contributed by atoms with van der Waals surface area (Å²) in [6, 6.07) is 6.07. The van der Waals surface area contributed by atoms with Gasteiger partial charge in [-0.15, -0.1) is 0 Å². The Morgan fingerprint density at radius 3 is 2.57 bits per heavy atom. The van der Waals surface area contributed by atoms with Crippen LogP contribution in [0.2, 0.25) is 0 Å². The van der Waals surface area contributed by atoms with Gasteiger partial charge in [0.1, 0.15) is 0 Å². The number of benzene rings is 1. The molecule has 3 rings (SSSR count). The Bertz CT molecular complexity index is 594. The predicted molar refractivity (Wildman–Crippen MR) is 81.3 cm³/mol. The van der Waals surface area contributed by atoms with Gasteiger partial charge in [0.2, 0.25) is 5.91 Å².